The van der Waals surface area contributed by atoms with E-state index >= 15 is 0 Å². The minimum atomic E-state index is 0.377. The summed E-state index contributed by atoms with van der Waals surface area (Å²) in [5.41, 5.74) is 0. The molecule has 0 saturated carbocycles. The topological polar surface area (TPSA) is 24.8 Å². The number of piperidine rings is 1. The number of hydrogen-bond donors (Lipinski definition) is 0. The van der Waals surface area contributed by atoms with Crippen molar-refractivity contribution in [1.82, 2.24) is 4.90 Å². The molecule has 2 aliphatic heterocycles. The highest BCUT2D eigenvalue weighted by Gasteiger charge is 2.28. The van der Waals surface area contributed by atoms with Crippen LogP contribution in [0.1, 0.15) is 40.0 Å². The number of nitrogens with zero attached hydrogens (tertiary/aromatic N) is 2. The van der Waals surface area contributed by atoms with E-state index < -0.39 is 0 Å². The lowest BCUT2D eigenvalue weighted by Crippen LogP contribution is -2.42. The van der Waals surface area contributed by atoms with Crippen molar-refractivity contribution in [2.45, 2.75) is 52.1 Å². The lowest BCUT2D eigenvalue weighted by atomic mass is 10.1. The van der Waals surface area contributed by atoms with E-state index in [1.54, 1.807) is 0 Å². The normalized spacial score (nSPS) is 29.0. The Kier molecular flexibility index (Phi) is 3.85. The fourth-order valence-corrected chi connectivity index (χ4v) is 2.44. The summed E-state index contributed by atoms with van der Waals surface area (Å²) in [6, 6.07) is 0.756. The maximum atomic E-state index is 5.75. The van der Waals surface area contributed by atoms with Crippen LogP contribution in [0.4, 0.5) is 0 Å². The number of hydrogen-bond acceptors (Lipinski definition) is 3. The molecule has 1 saturated heterocycles. The summed E-state index contributed by atoms with van der Waals surface area (Å²) in [7, 11) is 0. The zero-order chi connectivity index (χ0) is 11.5. The van der Waals surface area contributed by atoms with Crippen LogP contribution in [0, 0.1) is 5.92 Å². The lowest BCUT2D eigenvalue weighted by molar-refractivity contribution is 0.186. The maximum absolute atomic E-state index is 5.75. The van der Waals surface area contributed by atoms with Crippen LogP contribution in [0.25, 0.3) is 0 Å². The molecule has 16 heavy (non-hydrogen) atoms. The molecule has 0 amide bonds. The highest BCUT2D eigenvalue weighted by molar-refractivity contribution is 5.82. The molecule has 0 radical (unpaired) electrons. The van der Waals surface area contributed by atoms with Crippen molar-refractivity contribution in [2.75, 3.05) is 19.7 Å². The van der Waals surface area contributed by atoms with E-state index in [1.807, 2.05) is 0 Å². The van der Waals surface area contributed by atoms with E-state index in [0.717, 1.165) is 12.5 Å². The lowest BCUT2D eigenvalue weighted by Gasteiger charge is -2.31. The van der Waals surface area contributed by atoms with Crippen LogP contribution in [0.3, 0.4) is 0 Å². The van der Waals surface area contributed by atoms with Gasteiger partial charge in [-0.25, -0.2) is 4.99 Å². The molecule has 92 valence electrons. The second kappa shape index (κ2) is 5.17. The first-order valence-electron chi connectivity index (χ1n) is 6.63. The Morgan fingerprint density at radius 1 is 1.19 bits per heavy atom. The first kappa shape index (κ1) is 11.9. The molecule has 0 bridgehead atoms. The molecule has 0 aromatic heterocycles. The molecule has 0 N–H and O–H groups in total. The molecule has 0 aromatic carbocycles. The molecule has 0 aliphatic carbocycles. The molecule has 1 fully saturated rings. The van der Waals surface area contributed by atoms with Crippen molar-refractivity contribution in [3.63, 3.8) is 0 Å². The average molecular weight is 224 g/mol. The Bertz CT molecular complexity index is 257. The molecule has 2 rings (SSSR count). The van der Waals surface area contributed by atoms with Gasteiger partial charge in [0.05, 0.1) is 12.1 Å². The highest BCUT2D eigenvalue weighted by atomic mass is 16.5. The smallest absolute Gasteiger partial charge is 0.201 e. The molecular weight excluding hydrogens is 200 g/mol. The van der Waals surface area contributed by atoms with Crippen molar-refractivity contribution in [3.8, 4) is 0 Å². The van der Waals surface area contributed by atoms with Gasteiger partial charge in [-0.05, 0) is 38.8 Å². The highest BCUT2D eigenvalue weighted by Crippen LogP contribution is 2.19. The zero-order valence-corrected chi connectivity index (χ0v) is 10.8. The van der Waals surface area contributed by atoms with Crippen molar-refractivity contribution in [2.24, 2.45) is 10.9 Å². The summed E-state index contributed by atoms with van der Waals surface area (Å²) < 4.78 is 5.75. The van der Waals surface area contributed by atoms with E-state index in [4.69, 9.17) is 9.73 Å². The van der Waals surface area contributed by atoms with Gasteiger partial charge >= 0.3 is 0 Å². The summed E-state index contributed by atoms with van der Waals surface area (Å²) in [6.45, 7) is 9.85. The second-order valence-electron chi connectivity index (χ2n) is 5.36. The van der Waals surface area contributed by atoms with Crippen LogP contribution >= 0.6 is 0 Å². The van der Waals surface area contributed by atoms with Gasteiger partial charge < -0.3 is 4.74 Å². The van der Waals surface area contributed by atoms with E-state index in [1.165, 1.54) is 32.4 Å². The van der Waals surface area contributed by atoms with Crippen molar-refractivity contribution >= 4 is 5.90 Å². The molecular formula is C13H24N2O. The fourth-order valence-electron chi connectivity index (χ4n) is 2.44. The van der Waals surface area contributed by atoms with Gasteiger partial charge in [-0.1, -0.05) is 20.3 Å². The quantitative estimate of drug-likeness (QED) is 0.735. The van der Waals surface area contributed by atoms with Crippen LogP contribution in [0.5, 0.6) is 0 Å². The van der Waals surface area contributed by atoms with Crippen LogP contribution in [0.15, 0.2) is 4.99 Å². The van der Waals surface area contributed by atoms with Gasteiger partial charge in [0.2, 0.25) is 5.90 Å². The Morgan fingerprint density at radius 3 is 2.44 bits per heavy atom. The van der Waals surface area contributed by atoms with Crippen molar-refractivity contribution in [3.05, 3.63) is 0 Å². The standard InChI is InChI=1S/C13H24N2O/c1-10(2)12-9-16-13(14-12)11(3)15-7-5-4-6-8-15/h10-12H,4-9H2,1-3H3/t11?,12-/m0/s1. The number of rotatable bonds is 3. The predicted octanol–water partition coefficient (Wildman–Crippen LogP) is 2.31. The Balaban J connectivity index is 1.94. The zero-order valence-electron chi connectivity index (χ0n) is 10.8. The van der Waals surface area contributed by atoms with Gasteiger partial charge in [-0.2, -0.15) is 0 Å². The van der Waals surface area contributed by atoms with Crippen LogP contribution in [-0.4, -0.2) is 42.6 Å². The van der Waals surface area contributed by atoms with Gasteiger partial charge in [-0.3, -0.25) is 4.90 Å². The second-order valence-corrected chi connectivity index (χ2v) is 5.36. The van der Waals surface area contributed by atoms with E-state index in [-0.39, 0.29) is 0 Å². The molecule has 0 spiro atoms. The third-order valence-corrected chi connectivity index (χ3v) is 3.76. The number of aliphatic imine (C=N–C) groups is 1. The molecule has 2 aliphatic rings. The van der Waals surface area contributed by atoms with Gasteiger partial charge in [-0.15, -0.1) is 0 Å². The molecule has 0 aromatic rings. The minimum absolute atomic E-state index is 0.377. The van der Waals surface area contributed by atoms with Gasteiger partial charge in [0.25, 0.3) is 0 Å². The Labute approximate surface area is 98.9 Å². The summed E-state index contributed by atoms with van der Waals surface area (Å²) >= 11 is 0. The van der Waals surface area contributed by atoms with Gasteiger partial charge in [0.1, 0.15) is 6.61 Å². The predicted molar refractivity (Wildman–Crippen MR) is 66.9 cm³/mol. The first-order chi connectivity index (χ1) is 7.68. The SMILES string of the molecule is CC(C)[C@@H]1COC(C(C)N2CCCCC2)=N1. The van der Waals surface area contributed by atoms with E-state index in [9.17, 15) is 0 Å². The van der Waals surface area contributed by atoms with Gasteiger partial charge in [0.15, 0.2) is 0 Å². The average Bonchev–Trinajstić information content (AvgIpc) is 2.78. The van der Waals surface area contributed by atoms with Crippen LogP contribution in [0.2, 0.25) is 0 Å². The number of likely N-dealkylation sites (tertiary alicyclic amines) is 1. The third kappa shape index (κ3) is 2.57. The van der Waals surface area contributed by atoms with Crippen molar-refractivity contribution < 1.29 is 4.74 Å². The first-order valence-corrected chi connectivity index (χ1v) is 6.63. The van der Waals surface area contributed by atoms with Crippen LogP contribution in [-0.2, 0) is 4.74 Å². The molecule has 2 heterocycles. The summed E-state index contributed by atoms with van der Waals surface area (Å²) in [5.74, 6) is 1.56. The van der Waals surface area contributed by atoms with E-state index in [0.29, 0.717) is 18.0 Å². The third-order valence-electron chi connectivity index (χ3n) is 3.76. The summed E-state index contributed by atoms with van der Waals surface area (Å²) in [5, 5.41) is 0. The van der Waals surface area contributed by atoms with E-state index in [2.05, 4.69) is 25.7 Å². The van der Waals surface area contributed by atoms with Crippen LogP contribution < -0.4 is 0 Å². The molecule has 1 unspecified atom stereocenters. The molecule has 3 heteroatoms. The number of ether oxygens (including phenoxy) is 1. The maximum Gasteiger partial charge on any atom is 0.201 e. The summed E-state index contributed by atoms with van der Waals surface area (Å²) in [6.07, 6.45) is 4.03. The monoisotopic (exact) mass is 224 g/mol. The van der Waals surface area contributed by atoms with Crippen molar-refractivity contribution in [1.29, 1.82) is 0 Å². The summed E-state index contributed by atoms with van der Waals surface area (Å²) in [4.78, 5) is 7.22. The Hall–Kier alpha value is -0.570. The largest absolute Gasteiger partial charge is 0.478 e. The van der Waals surface area contributed by atoms with Gasteiger partial charge in [0, 0.05) is 0 Å². The minimum Gasteiger partial charge on any atom is -0.478 e. The Morgan fingerprint density at radius 2 is 1.88 bits per heavy atom. The molecule has 3 nitrogen and oxygen atoms in total. The molecule has 2 atom stereocenters. The fraction of sp³-hybridized carbons (Fsp3) is 0.923.